The number of carbonyl (C=O) groups excluding carboxylic acids is 2. The normalized spacial score (nSPS) is 14.2. The molecule has 2 rings (SSSR count). The van der Waals surface area contributed by atoms with Crippen LogP contribution in [0.3, 0.4) is 0 Å². The van der Waals surface area contributed by atoms with Gasteiger partial charge in [0, 0.05) is 44.1 Å². The van der Waals surface area contributed by atoms with Crippen molar-refractivity contribution in [1.29, 1.82) is 0 Å². The number of rotatable bonds is 7. The molecule has 0 bridgehead atoms. The summed E-state index contributed by atoms with van der Waals surface area (Å²) in [4.78, 5) is 25.3. The average Bonchev–Trinajstić information content (AvgIpc) is 2.93. The molecule has 0 saturated carbocycles. The van der Waals surface area contributed by atoms with Crippen molar-refractivity contribution in [2.24, 2.45) is 0 Å². The fourth-order valence-electron chi connectivity index (χ4n) is 2.37. The van der Waals surface area contributed by atoms with Crippen molar-refractivity contribution in [3.05, 3.63) is 24.3 Å². The van der Waals surface area contributed by atoms with E-state index in [1.54, 1.807) is 4.90 Å². The summed E-state index contributed by atoms with van der Waals surface area (Å²) in [6.45, 7) is 4.58. The maximum absolute atomic E-state index is 11.8. The van der Waals surface area contributed by atoms with Gasteiger partial charge in [-0.25, -0.2) is 4.79 Å². The zero-order valence-corrected chi connectivity index (χ0v) is 12.9. The van der Waals surface area contributed by atoms with Gasteiger partial charge in [-0.2, -0.15) is 0 Å². The first-order valence-electron chi connectivity index (χ1n) is 7.73. The minimum Gasteiger partial charge on any atom is -0.382 e. The number of hydrogen-bond donors (Lipinski definition) is 2. The molecule has 6 nitrogen and oxygen atoms in total. The lowest BCUT2D eigenvalue weighted by Gasteiger charge is -2.17. The van der Waals surface area contributed by atoms with Gasteiger partial charge in [0.1, 0.15) is 0 Å². The Hall–Kier alpha value is -2.08. The highest BCUT2D eigenvalue weighted by molar-refractivity contribution is 5.96. The molecule has 1 heterocycles. The molecule has 1 saturated heterocycles. The minimum absolute atomic E-state index is 0.137. The van der Waals surface area contributed by atoms with E-state index in [1.807, 2.05) is 31.2 Å². The molecule has 1 aliphatic heterocycles. The van der Waals surface area contributed by atoms with Gasteiger partial charge >= 0.3 is 6.03 Å². The van der Waals surface area contributed by atoms with Crippen molar-refractivity contribution in [2.75, 3.05) is 36.5 Å². The third kappa shape index (κ3) is 4.73. The van der Waals surface area contributed by atoms with E-state index in [0.717, 1.165) is 25.1 Å². The Kier molecular flexibility index (Phi) is 6.21. The molecule has 1 aromatic rings. The maximum Gasteiger partial charge on any atom is 0.319 e. The second kappa shape index (κ2) is 8.38. The van der Waals surface area contributed by atoms with Crippen LogP contribution < -0.4 is 15.5 Å². The van der Waals surface area contributed by atoms with Crippen LogP contribution in [0.4, 0.5) is 16.2 Å². The van der Waals surface area contributed by atoms with Gasteiger partial charge in [-0.15, -0.1) is 0 Å². The summed E-state index contributed by atoms with van der Waals surface area (Å²) in [6, 6.07) is 7.11. The number of carbonyl (C=O) groups is 2. The van der Waals surface area contributed by atoms with E-state index in [1.165, 1.54) is 0 Å². The second-order valence-corrected chi connectivity index (χ2v) is 5.13. The van der Waals surface area contributed by atoms with E-state index in [2.05, 4.69) is 10.6 Å². The largest absolute Gasteiger partial charge is 0.382 e. The molecule has 0 radical (unpaired) electrons. The fourth-order valence-corrected chi connectivity index (χ4v) is 2.37. The first kappa shape index (κ1) is 16.3. The number of amides is 3. The van der Waals surface area contributed by atoms with Crippen LogP contribution in [0.1, 0.15) is 26.2 Å². The van der Waals surface area contributed by atoms with Crippen LogP contribution in [-0.4, -0.2) is 38.2 Å². The zero-order chi connectivity index (χ0) is 15.8. The van der Waals surface area contributed by atoms with Gasteiger partial charge in [-0.05, 0) is 38.0 Å². The van der Waals surface area contributed by atoms with Crippen LogP contribution in [0.2, 0.25) is 0 Å². The van der Waals surface area contributed by atoms with Crippen molar-refractivity contribution in [3.63, 3.8) is 0 Å². The van der Waals surface area contributed by atoms with Gasteiger partial charge in [0.05, 0.1) is 0 Å². The summed E-state index contributed by atoms with van der Waals surface area (Å²) in [6.07, 6.45) is 2.26. The Labute approximate surface area is 130 Å². The molecule has 0 aromatic heterocycles. The number of nitrogens with zero attached hydrogens (tertiary/aromatic N) is 1. The third-order valence-corrected chi connectivity index (χ3v) is 3.44. The van der Waals surface area contributed by atoms with E-state index < -0.39 is 0 Å². The Morgan fingerprint density at radius 1 is 1.41 bits per heavy atom. The average molecular weight is 305 g/mol. The molecule has 1 aliphatic rings. The molecule has 0 unspecified atom stereocenters. The highest BCUT2D eigenvalue weighted by atomic mass is 16.5. The van der Waals surface area contributed by atoms with Crippen molar-refractivity contribution < 1.29 is 14.3 Å². The first-order valence-corrected chi connectivity index (χ1v) is 7.73. The number of benzene rings is 1. The van der Waals surface area contributed by atoms with Gasteiger partial charge in [-0.3, -0.25) is 4.79 Å². The topological polar surface area (TPSA) is 70.7 Å². The Morgan fingerprint density at radius 2 is 2.27 bits per heavy atom. The predicted molar refractivity (Wildman–Crippen MR) is 86.2 cm³/mol. The number of hydrogen-bond acceptors (Lipinski definition) is 3. The lowest BCUT2D eigenvalue weighted by atomic mass is 10.2. The first-order chi connectivity index (χ1) is 10.7. The van der Waals surface area contributed by atoms with Crippen molar-refractivity contribution in [2.45, 2.75) is 26.2 Å². The van der Waals surface area contributed by atoms with Gasteiger partial charge in [0.25, 0.3) is 0 Å². The number of anilines is 2. The number of nitrogens with one attached hydrogen (secondary N) is 2. The van der Waals surface area contributed by atoms with Crippen LogP contribution in [0, 0.1) is 0 Å². The Balaban J connectivity index is 1.82. The van der Waals surface area contributed by atoms with Crippen LogP contribution in [-0.2, 0) is 9.53 Å². The van der Waals surface area contributed by atoms with Crippen LogP contribution in [0.5, 0.6) is 0 Å². The Morgan fingerprint density at radius 3 is 3.00 bits per heavy atom. The van der Waals surface area contributed by atoms with Crippen LogP contribution in [0.15, 0.2) is 24.3 Å². The van der Waals surface area contributed by atoms with Gasteiger partial charge in [0.15, 0.2) is 0 Å². The van der Waals surface area contributed by atoms with Crippen molar-refractivity contribution in [1.82, 2.24) is 5.32 Å². The summed E-state index contributed by atoms with van der Waals surface area (Å²) in [5.74, 6) is 0.137. The summed E-state index contributed by atoms with van der Waals surface area (Å²) < 4.78 is 5.21. The van der Waals surface area contributed by atoms with E-state index in [9.17, 15) is 9.59 Å². The smallest absolute Gasteiger partial charge is 0.319 e. The molecule has 120 valence electrons. The molecule has 2 N–H and O–H groups in total. The highest BCUT2D eigenvalue weighted by Gasteiger charge is 2.21. The monoisotopic (exact) mass is 305 g/mol. The molecular weight excluding hydrogens is 282 g/mol. The van der Waals surface area contributed by atoms with E-state index in [-0.39, 0.29) is 11.9 Å². The number of ether oxygens (including phenoxy) is 1. The van der Waals surface area contributed by atoms with Crippen LogP contribution in [0.25, 0.3) is 0 Å². The van der Waals surface area contributed by atoms with Crippen molar-refractivity contribution >= 4 is 23.3 Å². The zero-order valence-electron chi connectivity index (χ0n) is 12.9. The van der Waals surface area contributed by atoms with E-state index in [0.29, 0.717) is 31.9 Å². The number of urea groups is 1. The van der Waals surface area contributed by atoms with E-state index >= 15 is 0 Å². The molecule has 22 heavy (non-hydrogen) atoms. The predicted octanol–water partition coefficient (Wildman–Crippen LogP) is 2.36. The standard InChI is InChI=1S/C16H23N3O3/c1-2-22-11-5-9-17-16(21)18-13-6-3-7-14(12-13)19-10-4-8-15(19)20/h3,6-7,12H,2,4-5,8-11H2,1H3,(H2,17,18,21). The molecule has 3 amide bonds. The van der Waals surface area contributed by atoms with E-state index in [4.69, 9.17) is 4.74 Å². The molecule has 1 fully saturated rings. The van der Waals surface area contributed by atoms with Gasteiger partial charge in [-0.1, -0.05) is 6.07 Å². The lowest BCUT2D eigenvalue weighted by Crippen LogP contribution is -2.30. The maximum atomic E-state index is 11.8. The van der Waals surface area contributed by atoms with Crippen LogP contribution >= 0.6 is 0 Å². The summed E-state index contributed by atoms with van der Waals surface area (Å²) in [5.41, 5.74) is 1.51. The second-order valence-electron chi connectivity index (χ2n) is 5.13. The summed E-state index contributed by atoms with van der Waals surface area (Å²) >= 11 is 0. The summed E-state index contributed by atoms with van der Waals surface area (Å²) in [5, 5.41) is 5.56. The third-order valence-electron chi connectivity index (χ3n) is 3.44. The molecular formula is C16H23N3O3. The molecule has 0 spiro atoms. The quantitative estimate of drug-likeness (QED) is 0.760. The summed E-state index contributed by atoms with van der Waals surface area (Å²) in [7, 11) is 0. The van der Waals surface area contributed by atoms with Crippen molar-refractivity contribution in [3.8, 4) is 0 Å². The molecule has 0 atom stereocenters. The highest BCUT2D eigenvalue weighted by Crippen LogP contribution is 2.24. The van der Waals surface area contributed by atoms with Gasteiger partial charge in [0.2, 0.25) is 5.91 Å². The Bertz CT molecular complexity index is 519. The molecule has 1 aromatic carbocycles. The van der Waals surface area contributed by atoms with Gasteiger partial charge < -0.3 is 20.3 Å². The molecule has 6 heteroatoms. The fraction of sp³-hybridized carbons (Fsp3) is 0.500. The SMILES string of the molecule is CCOCCCNC(=O)Nc1cccc(N2CCCC2=O)c1. The minimum atomic E-state index is -0.249. The molecule has 0 aliphatic carbocycles. The lowest BCUT2D eigenvalue weighted by molar-refractivity contribution is -0.117.